The molecule has 5 heteroatoms. The largest absolute Gasteiger partial charge is 0.296 e. The van der Waals surface area contributed by atoms with E-state index in [9.17, 15) is 4.79 Å². The van der Waals surface area contributed by atoms with Crippen molar-refractivity contribution in [2.24, 2.45) is 0 Å². The lowest BCUT2D eigenvalue weighted by Gasteiger charge is -2.02. The van der Waals surface area contributed by atoms with Gasteiger partial charge in [0.1, 0.15) is 5.69 Å². The molecule has 0 atom stereocenters. The van der Waals surface area contributed by atoms with Gasteiger partial charge in [0.15, 0.2) is 6.29 Å². The minimum absolute atomic E-state index is 0.298. The number of nitrogens with zero attached hydrogens (tertiary/aromatic N) is 3. The molecule has 0 saturated carbocycles. The maximum Gasteiger partial charge on any atom is 0.171 e. The molecule has 0 fully saturated rings. The second-order valence-electron chi connectivity index (χ2n) is 3.14. The summed E-state index contributed by atoms with van der Waals surface area (Å²) in [5, 5.41) is 8.13. The number of halogens is 1. The molecule has 2 rings (SSSR count). The minimum Gasteiger partial charge on any atom is -0.296 e. The van der Waals surface area contributed by atoms with E-state index in [1.807, 2.05) is 19.1 Å². The molecule has 0 spiro atoms. The third-order valence-electron chi connectivity index (χ3n) is 2.05. The maximum atomic E-state index is 10.4. The monoisotopic (exact) mass is 221 g/mol. The zero-order chi connectivity index (χ0) is 10.8. The number of aldehydes is 1. The molecule has 15 heavy (non-hydrogen) atoms. The molecule has 0 radical (unpaired) electrons. The van der Waals surface area contributed by atoms with Gasteiger partial charge in [-0.3, -0.25) is 4.79 Å². The second-order valence-corrected chi connectivity index (χ2v) is 3.55. The molecule has 2 aromatic rings. The molecular formula is C10H8ClN3O. The first-order valence-corrected chi connectivity index (χ1v) is 4.72. The molecule has 1 aromatic heterocycles. The van der Waals surface area contributed by atoms with Crippen molar-refractivity contribution in [3.63, 3.8) is 0 Å². The van der Waals surface area contributed by atoms with Crippen LogP contribution in [0.2, 0.25) is 5.02 Å². The van der Waals surface area contributed by atoms with Crippen molar-refractivity contribution >= 4 is 17.9 Å². The van der Waals surface area contributed by atoms with Gasteiger partial charge in [-0.2, -0.15) is 0 Å². The number of benzene rings is 1. The van der Waals surface area contributed by atoms with Crippen molar-refractivity contribution in [1.82, 2.24) is 15.0 Å². The van der Waals surface area contributed by atoms with Crippen molar-refractivity contribution in [3.05, 3.63) is 40.7 Å². The van der Waals surface area contributed by atoms with E-state index in [0.29, 0.717) is 17.0 Å². The van der Waals surface area contributed by atoms with Crippen molar-refractivity contribution in [2.45, 2.75) is 6.92 Å². The summed E-state index contributed by atoms with van der Waals surface area (Å²) in [4.78, 5) is 10.4. The average Bonchev–Trinajstić information content (AvgIpc) is 2.70. The molecule has 0 N–H and O–H groups in total. The molecular weight excluding hydrogens is 214 g/mol. The summed E-state index contributed by atoms with van der Waals surface area (Å²) < 4.78 is 1.51. The van der Waals surface area contributed by atoms with Gasteiger partial charge in [-0.1, -0.05) is 22.9 Å². The number of aryl methyl sites for hydroxylation is 1. The molecule has 0 saturated heterocycles. The van der Waals surface area contributed by atoms with Crippen LogP contribution in [-0.4, -0.2) is 21.3 Å². The Morgan fingerprint density at radius 1 is 1.47 bits per heavy atom. The van der Waals surface area contributed by atoms with Crippen LogP contribution in [0.5, 0.6) is 0 Å². The molecule has 1 heterocycles. The summed E-state index contributed by atoms with van der Waals surface area (Å²) in [6.45, 7) is 1.92. The Labute approximate surface area is 91.5 Å². The van der Waals surface area contributed by atoms with Gasteiger partial charge in [0.05, 0.1) is 11.9 Å². The van der Waals surface area contributed by atoms with E-state index in [1.54, 1.807) is 12.3 Å². The van der Waals surface area contributed by atoms with Crippen molar-refractivity contribution in [2.75, 3.05) is 0 Å². The van der Waals surface area contributed by atoms with Crippen molar-refractivity contribution in [3.8, 4) is 5.69 Å². The first-order valence-electron chi connectivity index (χ1n) is 4.35. The smallest absolute Gasteiger partial charge is 0.171 e. The van der Waals surface area contributed by atoms with Gasteiger partial charge >= 0.3 is 0 Å². The number of aromatic nitrogens is 3. The number of carbonyl (C=O) groups excluding carboxylic acids is 1. The minimum atomic E-state index is 0.298. The Morgan fingerprint density at radius 3 is 2.87 bits per heavy atom. The highest BCUT2D eigenvalue weighted by molar-refractivity contribution is 6.31. The molecule has 0 bridgehead atoms. The molecule has 4 nitrogen and oxygen atoms in total. The fourth-order valence-electron chi connectivity index (χ4n) is 1.18. The molecule has 1 aromatic carbocycles. The average molecular weight is 222 g/mol. The van der Waals surface area contributed by atoms with E-state index in [4.69, 9.17) is 11.6 Å². The zero-order valence-corrected chi connectivity index (χ0v) is 8.77. The van der Waals surface area contributed by atoms with Crippen LogP contribution in [0.3, 0.4) is 0 Å². The van der Waals surface area contributed by atoms with Gasteiger partial charge in [-0.15, -0.1) is 5.10 Å². The predicted octanol–water partition coefficient (Wildman–Crippen LogP) is 2.04. The molecule has 0 aliphatic heterocycles. The van der Waals surface area contributed by atoms with E-state index < -0.39 is 0 Å². The summed E-state index contributed by atoms with van der Waals surface area (Å²) >= 11 is 5.97. The fraction of sp³-hybridized carbons (Fsp3) is 0.100. The van der Waals surface area contributed by atoms with Crippen LogP contribution in [0.25, 0.3) is 5.69 Å². The van der Waals surface area contributed by atoms with Gasteiger partial charge in [-0.05, 0) is 24.6 Å². The summed E-state index contributed by atoms with van der Waals surface area (Å²) in [5.74, 6) is 0. The molecule has 0 unspecified atom stereocenters. The molecule has 0 aliphatic rings. The number of carbonyl (C=O) groups is 1. The lowest BCUT2D eigenvalue weighted by molar-refractivity contribution is 0.111. The highest BCUT2D eigenvalue weighted by Gasteiger charge is 2.03. The van der Waals surface area contributed by atoms with E-state index in [0.717, 1.165) is 11.3 Å². The van der Waals surface area contributed by atoms with Crippen molar-refractivity contribution < 1.29 is 4.79 Å². The zero-order valence-electron chi connectivity index (χ0n) is 8.01. The lowest BCUT2D eigenvalue weighted by atomic mass is 10.2. The Morgan fingerprint density at radius 2 is 2.27 bits per heavy atom. The summed E-state index contributed by atoms with van der Waals surface area (Å²) in [6.07, 6.45) is 2.20. The van der Waals surface area contributed by atoms with Gasteiger partial charge in [0.25, 0.3) is 0 Å². The Kier molecular flexibility index (Phi) is 2.51. The van der Waals surface area contributed by atoms with Gasteiger partial charge in [0, 0.05) is 5.02 Å². The summed E-state index contributed by atoms with van der Waals surface area (Å²) in [7, 11) is 0. The molecule has 0 aliphatic carbocycles. The van der Waals surface area contributed by atoms with Gasteiger partial charge in [0.2, 0.25) is 0 Å². The summed E-state index contributed by atoms with van der Waals surface area (Å²) in [6, 6.07) is 5.53. The van der Waals surface area contributed by atoms with Crippen LogP contribution in [0.15, 0.2) is 24.4 Å². The lowest BCUT2D eigenvalue weighted by Crippen LogP contribution is -1.95. The first kappa shape index (κ1) is 9.86. The second kappa shape index (κ2) is 3.82. The number of hydrogen-bond donors (Lipinski definition) is 0. The van der Waals surface area contributed by atoms with Crippen LogP contribution in [0.1, 0.15) is 16.1 Å². The molecule has 76 valence electrons. The third-order valence-corrected chi connectivity index (χ3v) is 2.46. The molecule has 0 amide bonds. The maximum absolute atomic E-state index is 10.4. The Balaban J connectivity index is 2.44. The van der Waals surface area contributed by atoms with Crippen LogP contribution < -0.4 is 0 Å². The van der Waals surface area contributed by atoms with Gasteiger partial charge < -0.3 is 0 Å². The standard InChI is InChI=1S/C10H8ClN3O/c1-7-2-3-9(4-10(7)11)14-5-8(6-15)12-13-14/h2-6H,1H3. The third kappa shape index (κ3) is 1.89. The quantitative estimate of drug-likeness (QED) is 0.730. The van der Waals surface area contributed by atoms with Crippen LogP contribution >= 0.6 is 11.6 Å². The summed E-state index contributed by atoms with van der Waals surface area (Å²) in [5.41, 5.74) is 2.08. The van der Waals surface area contributed by atoms with E-state index >= 15 is 0 Å². The van der Waals surface area contributed by atoms with Crippen molar-refractivity contribution in [1.29, 1.82) is 0 Å². The van der Waals surface area contributed by atoms with Crippen LogP contribution in [0.4, 0.5) is 0 Å². The predicted molar refractivity (Wildman–Crippen MR) is 56.5 cm³/mol. The highest BCUT2D eigenvalue weighted by atomic mass is 35.5. The van der Waals surface area contributed by atoms with Crippen LogP contribution in [-0.2, 0) is 0 Å². The first-order chi connectivity index (χ1) is 7.20. The number of rotatable bonds is 2. The van der Waals surface area contributed by atoms with E-state index in [2.05, 4.69) is 10.3 Å². The van der Waals surface area contributed by atoms with E-state index in [-0.39, 0.29) is 0 Å². The topological polar surface area (TPSA) is 47.8 Å². The van der Waals surface area contributed by atoms with Crippen LogP contribution in [0, 0.1) is 6.92 Å². The Bertz CT molecular complexity index is 507. The Hall–Kier alpha value is -1.68. The number of hydrogen-bond acceptors (Lipinski definition) is 3. The SMILES string of the molecule is Cc1ccc(-n2cc(C=O)nn2)cc1Cl. The highest BCUT2D eigenvalue weighted by Crippen LogP contribution is 2.18. The van der Waals surface area contributed by atoms with Gasteiger partial charge in [-0.25, -0.2) is 4.68 Å². The van der Waals surface area contributed by atoms with E-state index in [1.165, 1.54) is 4.68 Å². The fourth-order valence-corrected chi connectivity index (χ4v) is 1.36. The normalized spacial score (nSPS) is 10.3.